The molecule has 5 aromatic carbocycles. The third-order valence-corrected chi connectivity index (χ3v) is 8.64. The van der Waals surface area contributed by atoms with Crippen LogP contribution >= 0.6 is 15.9 Å². The number of alkyl halides is 6. The van der Waals surface area contributed by atoms with Crippen molar-refractivity contribution in [2.24, 2.45) is 0 Å². The van der Waals surface area contributed by atoms with E-state index in [1.54, 1.807) is 52.8 Å². The van der Waals surface area contributed by atoms with E-state index in [4.69, 9.17) is 4.74 Å². The van der Waals surface area contributed by atoms with Crippen molar-refractivity contribution < 1.29 is 35.9 Å². The number of halogens is 7. The standard InChI is InChI=1S/C24H19F3N2O2.C15H10BrF3N2/c1-2-31-23(30)18-8-4-7-17(13-18)21-11-5-9-19-15-29(28-22(19)21)14-16-6-3-10-20(12-16)24(25,26)27;16-13-6-2-4-11-9-21(20-14(11)13)8-10-3-1-5-12(7-10)15(17,18)19/h3-13,15H,2,14H2,1H3;1-7,9H,8H2. The van der Waals surface area contributed by atoms with Crippen LogP contribution in [0.2, 0.25) is 0 Å². The number of hydrogen-bond donors (Lipinski definition) is 0. The van der Waals surface area contributed by atoms with Gasteiger partial charge in [-0.05, 0) is 82.0 Å². The Morgan fingerprint density at radius 1 is 0.673 bits per heavy atom. The van der Waals surface area contributed by atoms with Crippen LogP contribution in [0.3, 0.4) is 0 Å². The van der Waals surface area contributed by atoms with Crippen molar-refractivity contribution in [3.63, 3.8) is 0 Å². The van der Waals surface area contributed by atoms with Gasteiger partial charge < -0.3 is 4.74 Å². The molecule has 266 valence electrons. The van der Waals surface area contributed by atoms with Gasteiger partial charge in [0.25, 0.3) is 0 Å². The quantitative estimate of drug-likeness (QED) is 0.119. The van der Waals surface area contributed by atoms with Crippen LogP contribution in [-0.2, 0) is 30.2 Å². The SMILES string of the molecule is CCOC(=O)c1cccc(-c2cccc3cn(Cc4cccc(C(F)(F)F)c4)nc23)c1.FC(F)(F)c1cccc(Cn2cc3cccc(Br)c3n2)c1. The minimum atomic E-state index is -4.39. The maximum Gasteiger partial charge on any atom is 0.416 e. The van der Waals surface area contributed by atoms with Gasteiger partial charge in [-0.15, -0.1) is 0 Å². The zero-order valence-corrected chi connectivity index (χ0v) is 29.0. The van der Waals surface area contributed by atoms with E-state index in [2.05, 4.69) is 26.1 Å². The molecule has 0 aliphatic carbocycles. The van der Waals surface area contributed by atoms with Gasteiger partial charge in [-0.25, -0.2) is 4.79 Å². The van der Waals surface area contributed by atoms with Gasteiger partial charge in [0, 0.05) is 33.2 Å². The Morgan fingerprint density at radius 2 is 1.19 bits per heavy atom. The highest BCUT2D eigenvalue weighted by Crippen LogP contribution is 2.32. The number of aromatic nitrogens is 4. The van der Waals surface area contributed by atoms with E-state index in [0.717, 1.165) is 56.2 Å². The van der Waals surface area contributed by atoms with Crippen LogP contribution in [0, 0.1) is 0 Å². The molecule has 0 fully saturated rings. The summed E-state index contributed by atoms with van der Waals surface area (Å²) in [6.07, 6.45) is -5.09. The molecule has 0 N–H and O–H groups in total. The highest BCUT2D eigenvalue weighted by molar-refractivity contribution is 9.10. The Bertz CT molecular complexity index is 2360. The van der Waals surface area contributed by atoms with E-state index in [1.807, 2.05) is 48.7 Å². The van der Waals surface area contributed by atoms with Crippen molar-refractivity contribution in [1.82, 2.24) is 19.6 Å². The Labute approximate surface area is 302 Å². The molecule has 52 heavy (non-hydrogen) atoms. The number of esters is 1. The zero-order valence-electron chi connectivity index (χ0n) is 27.4. The lowest BCUT2D eigenvalue weighted by Crippen LogP contribution is -2.07. The number of carbonyl (C=O) groups is 1. The topological polar surface area (TPSA) is 61.9 Å². The second kappa shape index (κ2) is 15.0. The molecule has 7 aromatic rings. The lowest BCUT2D eigenvalue weighted by molar-refractivity contribution is -0.138. The third-order valence-electron chi connectivity index (χ3n) is 8.00. The van der Waals surface area contributed by atoms with Gasteiger partial charge >= 0.3 is 18.3 Å². The van der Waals surface area contributed by atoms with Crippen molar-refractivity contribution in [2.45, 2.75) is 32.4 Å². The van der Waals surface area contributed by atoms with E-state index in [0.29, 0.717) is 35.4 Å². The van der Waals surface area contributed by atoms with Crippen LogP contribution in [0.5, 0.6) is 0 Å². The maximum absolute atomic E-state index is 13.0. The van der Waals surface area contributed by atoms with E-state index >= 15 is 0 Å². The van der Waals surface area contributed by atoms with E-state index in [1.165, 1.54) is 12.1 Å². The Kier molecular flexibility index (Phi) is 10.5. The molecule has 0 unspecified atom stereocenters. The van der Waals surface area contributed by atoms with Crippen molar-refractivity contribution >= 4 is 43.7 Å². The van der Waals surface area contributed by atoms with Crippen LogP contribution in [-0.4, -0.2) is 32.1 Å². The highest BCUT2D eigenvalue weighted by atomic mass is 79.9. The second-order valence-electron chi connectivity index (χ2n) is 11.8. The summed E-state index contributed by atoms with van der Waals surface area (Å²) in [5, 5.41) is 10.8. The average molecular weight is 780 g/mol. The van der Waals surface area contributed by atoms with E-state index < -0.39 is 29.4 Å². The van der Waals surface area contributed by atoms with Crippen LogP contribution < -0.4 is 0 Å². The lowest BCUT2D eigenvalue weighted by Gasteiger charge is -2.08. The third kappa shape index (κ3) is 8.53. The van der Waals surface area contributed by atoms with Crippen LogP contribution in [0.25, 0.3) is 32.9 Å². The van der Waals surface area contributed by atoms with Gasteiger partial charge in [-0.1, -0.05) is 66.7 Å². The summed E-state index contributed by atoms with van der Waals surface area (Å²) in [4.78, 5) is 12.1. The van der Waals surface area contributed by atoms with Gasteiger partial charge in [0.1, 0.15) is 11.0 Å². The number of hydrogen-bond acceptors (Lipinski definition) is 4. The average Bonchev–Trinajstić information content (AvgIpc) is 3.72. The van der Waals surface area contributed by atoms with Gasteiger partial charge in [0.05, 0.1) is 36.4 Å². The minimum absolute atomic E-state index is 0.209. The zero-order chi connectivity index (χ0) is 37.0. The molecule has 0 spiro atoms. The number of rotatable bonds is 7. The summed E-state index contributed by atoms with van der Waals surface area (Å²) in [5.41, 5.74) is 3.32. The Hall–Kier alpha value is -5.43. The number of nitrogens with zero attached hydrogens (tertiary/aromatic N) is 4. The molecule has 6 nitrogen and oxygen atoms in total. The molecule has 0 saturated heterocycles. The summed E-state index contributed by atoms with van der Waals surface area (Å²) in [6.45, 7) is 2.55. The van der Waals surface area contributed by atoms with Gasteiger partial charge in [-0.3, -0.25) is 9.36 Å². The molecule has 2 heterocycles. The summed E-state index contributed by atoms with van der Waals surface area (Å²) in [6, 6.07) is 29.0. The fourth-order valence-corrected chi connectivity index (χ4v) is 6.10. The predicted molar refractivity (Wildman–Crippen MR) is 190 cm³/mol. The molecule has 0 aliphatic heterocycles. The number of carbonyl (C=O) groups excluding carboxylic acids is 1. The number of ether oxygens (including phenoxy) is 1. The largest absolute Gasteiger partial charge is 0.462 e. The molecule has 0 aliphatic rings. The highest BCUT2D eigenvalue weighted by Gasteiger charge is 2.31. The van der Waals surface area contributed by atoms with Crippen molar-refractivity contribution in [3.05, 3.63) is 154 Å². The molecule has 0 saturated carbocycles. The predicted octanol–water partition coefficient (Wildman–Crippen LogP) is 10.8. The smallest absolute Gasteiger partial charge is 0.416 e. The molecule has 0 atom stereocenters. The molecule has 0 radical (unpaired) electrons. The Morgan fingerprint density at radius 3 is 1.75 bits per heavy atom. The molecule has 2 aromatic heterocycles. The van der Waals surface area contributed by atoms with Crippen LogP contribution in [0.1, 0.15) is 39.5 Å². The van der Waals surface area contributed by atoms with E-state index in [9.17, 15) is 31.1 Å². The molecule has 7 rings (SSSR count). The second-order valence-corrected chi connectivity index (χ2v) is 12.6. The first kappa shape index (κ1) is 36.4. The van der Waals surface area contributed by atoms with Crippen LogP contribution in [0.15, 0.2) is 126 Å². The normalized spacial score (nSPS) is 11.8. The number of fused-ring (bicyclic) bond motifs is 2. The van der Waals surface area contributed by atoms with Crippen molar-refractivity contribution in [1.29, 1.82) is 0 Å². The van der Waals surface area contributed by atoms with E-state index in [-0.39, 0.29) is 6.54 Å². The summed E-state index contributed by atoms with van der Waals surface area (Å²) in [5.74, 6) is -0.397. The molecule has 0 bridgehead atoms. The summed E-state index contributed by atoms with van der Waals surface area (Å²) >= 11 is 3.41. The number of benzene rings is 5. The molecule has 13 heteroatoms. The molecule has 0 amide bonds. The van der Waals surface area contributed by atoms with Crippen molar-refractivity contribution in [3.8, 4) is 11.1 Å². The van der Waals surface area contributed by atoms with Crippen LogP contribution in [0.4, 0.5) is 26.3 Å². The van der Waals surface area contributed by atoms with Gasteiger partial charge in [0.2, 0.25) is 0 Å². The summed E-state index contributed by atoms with van der Waals surface area (Å²) in [7, 11) is 0. The first-order chi connectivity index (χ1) is 24.8. The molecular formula is C39H29BrF6N4O2. The fourth-order valence-electron chi connectivity index (χ4n) is 5.64. The minimum Gasteiger partial charge on any atom is -0.462 e. The first-order valence-corrected chi connectivity index (χ1v) is 16.8. The monoisotopic (exact) mass is 778 g/mol. The van der Waals surface area contributed by atoms with Gasteiger partial charge in [0.15, 0.2) is 0 Å². The summed E-state index contributed by atoms with van der Waals surface area (Å²) < 4.78 is 86.3. The first-order valence-electron chi connectivity index (χ1n) is 16.0. The fraction of sp³-hybridized carbons (Fsp3) is 0.154. The molecular weight excluding hydrogens is 750 g/mol. The van der Waals surface area contributed by atoms with Gasteiger partial charge in [-0.2, -0.15) is 36.5 Å². The maximum atomic E-state index is 13.0. The lowest BCUT2D eigenvalue weighted by atomic mass is 10.0. The van der Waals surface area contributed by atoms with Crippen molar-refractivity contribution in [2.75, 3.05) is 6.61 Å². The Balaban J connectivity index is 0.000000192.